The van der Waals surface area contributed by atoms with Crippen molar-refractivity contribution in [3.05, 3.63) is 90.9 Å². The summed E-state index contributed by atoms with van der Waals surface area (Å²) < 4.78 is 5.83. The zero-order valence-corrected chi connectivity index (χ0v) is 14.9. The number of hydrogen-bond acceptors (Lipinski definition) is 3. The summed E-state index contributed by atoms with van der Waals surface area (Å²) in [5.41, 5.74) is 6.26. The van der Waals surface area contributed by atoms with Crippen molar-refractivity contribution in [2.24, 2.45) is 0 Å². The molecule has 4 aromatic heterocycles. The Morgan fingerprint density at radius 2 is 1.63 bits per heavy atom. The van der Waals surface area contributed by atoms with Crippen LogP contribution in [0.5, 0.6) is 0 Å². The molecule has 0 spiro atoms. The van der Waals surface area contributed by atoms with Gasteiger partial charge < -0.3 is 4.40 Å². The number of aromatic nitrogens is 6. The Balaban J connectivity index is 1.39. The van der Waals surface area contributed by atoms with E-state index in [1.807, 2.05) is 70.5 Å². The fraction of sp³-hybridized carbons (Fsp3) is 0.0952. The molecule has 1 aromatic carbocycles. The van der Waals surface area contributed by atoms with Crippen molar-refractivity contribution < 1.29 is 0 Å². The minimum absolute atomic E-state index is 0.632. The molecule has 0 radical (unpaired) electrons. The fourth-order valence-electron chi connectivity index (χ4n) is 3.19. The minimum atomic E-state index is 0.632. The van der Waals surface area contributed by atoms with Gasteiger partial charge in [0.15, 0.2) is 0 Å². The van der Waals surface area contributed by atoms with Crippen LogP contribution in [0.1, 0.15) is 11.3 Å². The third-order valence-electron chi connectivity index (χ3n) is 4.54. The first-order chi connectivity index (χ1) is 13.2. The Hall–Kier alpha value is -3.67. The van der Waals surface area contributed by atoms with Crippen LogP contribution in [0.3, 0.4) is 0 Å². The van der Waals surface area contributed by atoms with Crippen LogP contribution in [0.2, 0.25) is 0 Å². The molecule has 0 saturated heterocycles. The second kappa shape index (κ2) is 6.25. The van der Waals surface area contributed by atoms with Gasteiger partial charge in [-0.05, 0) is 30.7 Å². The second-order valence-corrected chi connectivity index (χ2v) is 6.64. The monoisotopic (exact) mass is 354 g/mol. The number of aryl methyl sites for hydroxylation is 1. The lowest BCUT2D eigenvalue weighted by Crippen LogP contribution is -1.99. The molecule has 0 unspecified atom stereocenters. The van der Waals surface area contributed by atoms with E-state index in [9.17, 15) is 0 Å². The average Bonchev–Trinajstić information content (AvgIpc) is 3.41. The molecule has 0 bridgehead atoms. The topological polar surface area (TPSA) is 52.9 Å². The Labute approximate surface area is 156 Å². The van der Waals surface area contributed by atoms with Gasteiger partial charge in [0.05, 0.1) is 30.3 Å². The molecule has 0 saturated carbocycles. The molecule has 0 fully saturated rings. The van der Waals surface area contributed by atoms with Gasteiger partial charge in [0.1, 0.15) is 5.65 Å². The van der Waals surface area contributed by atoms with Gasteiger partial charge in [0, 0.05) is 35.9 Å². The number of hydrogen-bond donors (Lipinski definition) is 0. The molecule has 132 valence electrons. The quantitative estimate of drug-likeness (QED) is 0.494. The minimum Gasteiger partial charge on any atom is -0.306 e. The summed E-state index contributed by atoms with van der Waals surface area (Å²) in [6.45, 7) is 2.71. The molecular weight excluding hydrogens is 336 g/mol. The van der Waals surface area contributed by atoms with Crippen molar-refractivity contribution in [2.75, 3.05) is 0 Å². The molecule has 0 aliphatic heterocycles. The van der Waals surface area contributed by atoms with E-state index in [4.69, 9.17) is 0 Å². The first-order valence-electron chi connectivity index (χ1n) is 8.82. The highest BCUT2D eigenvalue weighted by atomic mass is 15.3. The lowest BCUT2D eigenvalue weighted by Gasteiger charge is -1.98. The van der Waals surface area contributed by atoms with Gasteiger partial charge >= 0.3 is 0 Å². The number of benzene rings is 1. The van der Waals surface area contributed by atoms with Crippen molar-refractivity contribution in [2.45, 2.75) is 13.5 Å². The molecule has 6 nitrogen and oxygen atoms in total. The summed E-state index contributed by atoms with van der Waals surface area (Å²) >= 11 is 0. The van der Waals surface area contributed by atoms with E-state index >= 15 is 0 Å². The lowest BCUT2D eigenvalue weighted by atomic mass is 10.2. The molecular formula is C21H18N6. The standard InChI is InChI=1S/C21H18N6/c1-16-7-8-21-24-19(14-25(21)11-16)15-26-12-17(9-22-26)18-10-23-27(13-18)20-5-3-2-4-6-20/h2-14H,15H2,1H3. The van der Waals surface area contributed by atoms with Crippen molar-refractivity contribution >= 4 is 5.65 Å². The van der Waals surface area contributed by atoms with Crippen molar-refractivity contribution in [3.63, 3.8) is 0 Å². The summed E-state index contributed by atoms with van der Waals surface area (Å²) in [6, 6.07) is 14.2. The number of nitrogens with zero attached hydrogens (tertiary/aromatic N) is 6. The third kappa shape index (κ3) is 3.01. The number of pyridine rings is 1. The predicted octanol–water partition coefficient (Wildman–Crippen LogP) is 3.74. The van der Waals surface area contributed by atoms with Crippen LogP contribution < -0.4 is 0 Å². The largest absolute Gasteiger partial charge is 0.306 e. The number of para-hydroxylation sites is 1. The summed E-state index contributed by atoms with van der Waals surface area (Å²) in [5, 5.41) is 8.95. The zero-order valence-electron chi connectivity index (χ0n) is 14.9. The second-order valence-electron chi connectivity index (χ2n) is 6.64. The molecule has 0 N–H and O–H groups in total. The Bertz CT molecular complexity index is 1210. The van der Waals surface area contributed by atoms with E-state index in [0.29, 0.717) is 6.54 Å². The summed E-state index contributed by atoms with van der Waals surface area (Å²) in [7, 11) is 0. The van der Waals surface area contributed by atoms with Crippen molar-refractivity contribution in [3.8, 4) is 16.8 Å². The van der Waals surface area contributed by atoms with Gasteiger partial charge in [0.2, 0.25) is 0 Å². The number of imidazole rings is 1. The molecule has 0 amide bonds. The van der Waals surface area contributed by atoms with E-state index in [-0.39, 0.29) is 0 Å². The van der Waals surface area contributed by atoms with Crippen LogP contribution in [0.4, 0.5) is 0 Å². The Kier molecular flexibility index (Phi) is 3.60. The molecule has 27 heavy (non-hydrogen) atoms. The number of rotatable bonds is 4. The van der Waals surface area contributed by atoms with Crippen LogP contribution in [0.25, 0.3) is 22.5 Å². The maximum atomic E-state index is 4.66. The Morgan fingerprint density at radius 3 is 2.52 bits per heavy atom. The van der Waals surface area contributed by atoms with Gasteiger partial charge in [-0.2, -0.15) is 10.2 Å². The van der Waals surface area contributed by atoms with Gasteiger partial charge in [-0.1, -0.05) is 24.3 Å². The van der Waals surface area contributed by atoms with Crippen LogP contribution in [0, 0.1) is 6.92 Å². The van der Waals surface area contributed by atoms with E-state index < -0.39 is 0 Å². The van der Waals surface area contributed by atoms with Crippen molar-refractivity contribution in [1.29, 1.82) is 0 Å². The van der Waals surface area contributed by atoms with Crippen molar-refractivity contribution in [1.82, 2.24) is 28.9 Å². The Morgan fingerprint density at radius 1 is 0.815 bits per heavy atom. The van der Waals surface area contributed by atoms with Gasteiger partial charge in [-0.15, -0.1) is 0 Å². The lowest BCUT2D eigenvalue weighted by molar-refractivity contribution is 0.676. The maximum Gasteiger partial charge on any atom is 0.137 e. The van der Waals surface area contributed by atoms with Gasteiger partial charge in [-0.25, -0.2) is 9.67 Å². The molecule has 5 rings (SSSR count). The molecule has 6 heteroatoms. The number of fused-ring (bicyclic) bond motifs is 1. The van der Waals surface area contributed by atoms with Crippen LogP contribution in [-0.2, 0) is 6.54 Å². The molecule has 0 aliphatic rings. The summed E-state index contributed by atoms with van der Waals surface area (Å²) in [4.78, 5) is 4.66. The molecule has 4 heterocycles. The SMILES string of the molecule is Cc1ccc2nc(Cn3cc(-c4cnn(-c5ccccc5)c4)cn3)cn2c1. The molecule has 0 aliphatic carbocycles. The van der Waals surface area contributed by atoms with Crippen LogP contribution >= 0.6 is 0 Å². The van der Waals surface area contributed by atoms with E-state index in [2.05, 4.69) is 45.0 Å². The predicted molar refractivity (Wildman–Crippen MR) is 104 cm³/mol. The normalized spacial score (nSPS) is 11.3. The maximum absolute atomic E-state index is 4.66. The average molecular weight is 354 g/mol. The first-order valence-corrected chi connectivity index (χ1v) is 8.82. The highest BCUT2D eigenvalue weighted by Crippen LogP contribution is 2.20. The van der Waals surface area contributed by atoms with Crippen LogP contribution in [-0.4, -0.2) is 28.9 Å². The zero-order chi connectivity index (χ0) is 18.2. The van der Waals surface area contributed by atoms with Crippen LogP contribution in [0.15, 0.2) is 79.6 Å². The highest BCUT2D eigenvalue weighted by Gasteiger charge is 2.08. The summed E-state index contributed by atoms with van der Waals surface area (Å²) in [6.07, 6.45) is 11.9. The smallest absolute Gasteiger partial charge is 0.137 e. The molecule has 5 aromatic rings. The fourth-order valence-corrected chi connectivity index (χ4v) is 3.19. The molecule has 0 atom stereocenters. The summed E-state index contributed by atoms with van der Waals surface area (Å²) in [5.74, 6) is 0. The van der Waals surface area contributed by atoms with E-state index in [1.54, 1.807) is 0 Å². The van der Waals surface area contributed by atoms with Gasteiger partial charge in [0.25, 0.3) is 0 Å². The van der Waals surface area contributed by atoms with E-state index in [0.717, 1.165) is 28.2 Å². The van der Waals surface area contributed by atoms with E-state index in [1.165, 1.54) is 5.56 Å². The first kappa shape index (κ1) is 15.6. The highest BCUT2D eigenvalue weighted by molar-refractivity contribution is 5.60. The van der Waals surface area contributed by atoms with Gasteiger partial charge in [-0.3, -0.25) is 4.68 Å². The third-order valence-corrected chi connectivity index (χ3v) is 4.54.